The molecule has 0 spiro atoms. The first-order chi connectivity index (χ1) is 14.6. The van der Waals surface area contributed by atoms with Crippen LogP contribution >= 0.6 is 0 Å². The molecule has 0 saturated carbocycles. The number of amides is 1. The lowest BCUT2D eigenvalue weighted by Gasteiger charge is -2.56. The molecule has 3 fully saturated rings. The highest BCUT2D eigenvalue weighted by atomic mass is 19.4. The van der Waals surface area contributed by atoms with Crippen molar-refractivity contribution in [3.8, 4) is 5.95 Å². The average Bonchev–Trinajstić information content (AvgIpc) is 3.28. The molecule has 1 N–H and O–H groups in total. The van der Waals surface area contributed by atoms with Gasteiger partial charge in [-0.1, -0.05) is 0 Å². The molecule has 0 aromatic carbocycles. The minimum atomic E-state index is -4.25. The topological polar surface area (TPSA) is 92.1 Å². The lowest BCUT2D eigenvalue weighted by atomic mass is 9.87. The van der Waals surface area contributed by atoms with Gasteiger partial charge in [0.2, 0.25) is 5.95 Å². The van der Waals surface area contributed by atoms with Crippen molar-refractivity contribution < 1.29 is 18.0 Å². The molecule has 2 bridgehead atoms. The van der Waals surface area contributed by atoms with Gasteiger partial charge in [0.15, 0.2) is 0 Å². The zero-order valence-corrected chi connectivity index (χ0v) is 16.8. The second-order valence-electron chi connectivity index (χ2n) is 8.15. The number of hydrogen-bond donors (Lipinski definition) is 1. The predicted octanol–water partition coefficient (Wildman–Crippen LogP) is 1.22. The molecule has 2 unspecified atom stereocenters. The van der Waals surface area contributed by atoms with Crippen molar-refractivity contribution in [1.29, 1.82) is 0 Å². The van der Waals surface area contributed by atoms with Gasteiger partial charge in [0.05, 0.1) is 29.4 Å². The molecule has 31 heavy (non-hydrogen) atoms. The summed E-state index contributed by atoms with van der Waals surface area (Å²) in [5.74, 6) is -0.0962. The van der Waals surface area contributed by atoms with Crippen LogP contribution in [0.25, 0.3) is 17.0 Å². The van der Waals surface area contributed by atoms with E-state index in [-0.39, 0.29) is 42.6 Å². The molecule has 9 nitrogen and oxygen atoms in total. The molecule has 1 amide bonds. The first kappa shape index (κ1) is 19.8. The summed E-state index contributed by atoms with van der Waals surface area (Å²) in [6.45, 7) is 1.25. The Kier molecular flexibility index (Phi) is 4.26. The van der Waals surface area contributed by atoms with Crippen LogP contribution in [0.3, 0.4) is 0 Å². The summed E-state index contributed by atoms with van der Waals surface area (Å²) in [4.78, 5) is 35.5. The summed E-state index contributed by atoms with van der Waals surface area (Å²) < 4.78 is 41.3. The van der Waals surface area contributed by atoms with Gasteiger partial charge in [-0.3, -0.25) is 19.5 Å². The highest BCUT2D eigenvalue weighted by Gasteiger charge is 2.49. The zero-order valence-electron chi connectivity index (χ0n) is 16.8. The van der Waals surface area contributed by atoms with E-state index in [4.69, 9.17) is 0 Å². The van der Waals surface area contributed by atoms with Gasteiger partial charge in [-0.2, -0.15) is 23.3 Å². The summed E-state index contributed by atoms with van der Waals surface area (Å²) >= 11 is 0. The number of nitrogens with one attached hydrogen (secondary N) is 1. The quantitative estimate of drug-likeness (QED) is 0.668. The van der Waals surface area contributed by atoms with Crippen molar-refractivity contribution >= 4 is 16.9 Å². The summed E-state index contributed by atoms with van der Waals surface area (Å²) in [5, 5.41) is 4.67. The number of piperidine rings is 1. The van der Waals surface area contributed by atoms with Crippen molar-refractivity contribution in [2.45, 2.75) is 31.6 Å². The first-order valence-electron chi connectivity index (χ1n) is 9.84. The van der Waals surface area contributed by atoms with Crippen molar-refractivity contribution in [2.24, 2.45) is 7.05 Å². The van der Waals surface area contributed by atoms with E-state index >= 15 is 0 Å². The number of piperazine rings is 1. The van der Waals surface area contributed by atoms with E-state index in [0.717, 1.165) is 0 Å². The fourth-order valence-corrected chi connectivity index (χ4v) is 4.56. The molecule has 164 valence electrons. The van der Waals surface area contributed by atoms with Crippen LogP contribution in [-0.4, -0.2) is 77.9 Å². The maximum absolute atomic E-state index is 13.1. The van der Waals surface area contributed by atoms with Gasteiger partial charge < -0.3 is 9.47 Å². The number of rotatable bonds is 3. The second-order valence-corrected chi connectivity index (χ2v) is 8.15. The second kappa shape index (κ2) is 6.67. The number of alkyl halides is 3. The van der Waals surface area contributed by atoms with Crippen LogP contribution in [0.5, 0.6) is 0 Å². The van der Waals surface area contributed by atoms with Crippen molar-refractivity contribution in [3.05, 3.63) is 40.1 Å². The normalized spacial score (nSPS) is 21.5. The Bertz CT molecular complexity index is 1230. The van der Waals surface area contributed by atoms with Gasteiger partial charge in [-0.05, 0) is 19.4 Å². The average molecular weight is 435 g/mol. The third-order valence-electron chi connectivity index (χ3n) is 6.16. The van der Waals surface area contributed by atoms with Gasteiger partial charge in [0.1, 0.15) is 5.65 Å². The lowest BCUT2D eigenvalue weighted by Crippen LogP contribution is -2.70. The highest BCUT2D eigenvalue weighted by molar-refractivity contribution is 5.95. The Morgan fingerprint density at radius 3 is 2.68 bits per heavy atom. The Morgan fingerprint density at radius 2 is 2.00 bits per heavy atom. The number of carbonyl (C=O) groups is 1. The van der Waals surface area contributed by atoms with Gasteiger partial charge >= 0.3 is 6.18 Å². The van der Waals surface area contributed by atoms with Gasteiger partial charge in [0, 0.05) is 38.4 Å². The van der Waals surface area contributed by atoms with Crippen LogP contribution in [0.2, 0.25) is 0 Å². The molecule has 12 heteroatoms. The monoisotopic (exact) mass is 435 g/mol. The maximum atomic E-state index is 13.1. The number of fused-ring (bicyclic) bond motifs is 3. The first-order valence-corrected chi connectivity index (χ1v) is 9.84. The van der Waals surface area contributed by atoms with Crippen LogP contribution in [0.4, 0.5) is 13.2 Å². The molecule has 3 aromatic rings. The van der Waals surface area contributed by atoms with Gasteiger partial charge in [-0.15, -0.1) is 0 Å². The SMILES string of the molecule is Cc1c(C(=O)N2CC3CC(C2)N3CC(F)(F)F)cnn1-c1nc2c(ccn2C)c(=O)[nH]1. The summed E-state index contributed by atoms with van der Waals surface area (Å²) in [6, 6.07) is 1.11. The largest absolute Gasteiger partial charge is 0.401 e. The fourth-order valence-electron chi connectivity index (χ4n) is 4.56. The molecule has 3 saturated heterocycles. The molecule has 3 aliphatic rings. The molecule has 3 aromatic heterocycles. The number of aryl methyl sites for hydroxylation is 1. The van der Waals surface area contributed by atoms with Gasteiger partial charge in [0.25, 0.3) is 11.5 Å². The molecular formula is C19H20F3N7O2. The Hall–Kier alpha value is -3.15. The predicted molar refractivity (Wildman–Crippen MR) is 104 cm³/mol. The molecule has 2 atom stereocenters. The Labute approximate surface area is 174 Å². The van der Waals surface area contributed by atoms with E-state index in [2.05, 4.69) is 15.1 Å². The van der Waals surface area contributed by atoms with Crippen molar-refractivity contribution in [3.63, 3.8) is 0 Å². The molecule has 3 aliphatic heterocycles. The standard InChI is InChI=1S/C19H20F3N7O2/c1-10-14(17(31)27-7-11-5-12(8-27)28(11)9-19(20,21)22)6-23-29(10)18-24-15-13(16(30)25-18)3-4-26(15)2/h3-4,6,11-12H,5,7-9H2,1-2H3,(H,24,25,30). The van der Waals surface area contributed by atoms with Crippen molar-refractivity contribution in [1.82, 2.24) is 34.1 Å². The summed E-state index contributed by atoms with van der Waals surface area (Å²) in [5.41, 5.74) is 0.998. The van der Waals surface area contributed by atoms with E-state index in [1.165, 1.54) is 15.8 Å². The van der Waals surface area contributed by atoms with E-state index in [0.29, 0.717) is 28.7 Å². The summed E-state index contributed by atoms with van der Waals surface area (Å²) in [7, 11) is 1.77. The van der Waals surface area contributed by atoms with E-state index in [9.17, 15) is 22.8 Å². The number of halogens is 3. The van der Waals surface area contributed by atoms with Crippen molar-refractivity contribution in [2.75, 3.05) is 19.6 Å². The molecule has 0 radical (unpaired) electrons. The van der Waals surface area contributed by atoms with Crippen LogP contribution in [0.1, 0.15) is 22.5 Å². The molecule has 6 heterocycles. The van der Waals surface area contributed by atoms with Crippen LogP contribution < -0.4 is 5.56 Å². The van der Waals surface area contributed by atoms with E-state index in [1.807, 2.05) is 0 Å². The molecule has 6 rings (SSSR count). The van der Waals surface area contributed by atoms with E-state index in [1.54, 1.807) is 35.7 Å². The van der Waals surface area contributed by atoms with E-state index < -0.39 is 12.7 Å². The fraction of sp³-hybridized carbons (Fsp3) is 0.474. The Balaban J connectivity index is 1.38. The molecule has 0 aliphatic carbocycles. The van der Waals surface area contributed by atoms with Crippen LogP contribution in [0.15, 0.2) is 23.3 Å². The third-order valence-corrected chi connectivity index (χ3v) is 6.16. The smallest absolute Gasteiger partial charge is 0.335 e. The van der Waals surface area contributed by atoms with Crippen LogP contribution in [-0.2, 0) is 7.05 Å². The minimum absolute atomic E-state index is 0.189. The maximum Gasteiger partial charge on any atom is 0.401 e. The number of aromatic amines is 1. The number of hydrogen-bond acceptors (Lipinski definition) is 5. The number of nitrogens with zero attached hydrogens (tertiary/aromatic N) is 6. The third kappa shape index (κ3) is 3.21. The Morgan fingerprint density at radius 1 is 1.29 bits per heavy atom. The van der Waals surface area contributed by atoms with Crippen LogP contribution in [0, 0.1) is 6.92 Å². The number of aromatic nitrogens is 5. The lowest BCUT2D eigenvalue weighted by molar-refractivity contribution is -0.184. The minimum Gasteiger partial charge on any atom is -0.335 e. The number of H-pyrrole nitrogens is 1. The zero-order chi connectivity index (χ0) is 22.1. The van der Waals surface area contributed by atoms with Gasteiger partial charge in [-0.25, -0.2) is 4.68 Å². The highest BCUT2D eigenvalue weighted by Crippen LogP contribution is 2.35. The number of carbonyl (C=O) groups excluding carboxylic acids is 1. The molecular weight excluding hydrogens is 415 g/mol. The summed E-state index contributed by atoms with van der Waals surface area (Å²) in [6.07, 6.45) is -0.448.